The van der Waals surface area contributed by atoms with Crippen LogP contribution in [0, 0.1) is 11.8 Å². The maximum Gasteiger partial charge on any atom is 0.431 e. The smallest absolute Gasteiger partial charge is 0.318 e. The van der Waals surface area contributed by atoms with E-state index >= 15 is 0 Å². The summed E-state index contributed by atoms with van der Waals surface area (Å²) in [5, 5.41) is 9.02. The first-order valence-corrected chi connectivity index (χ1v) is 7.93. The average molecular weight is 365 g/mol. The van der Waals surface area contributed by atoms with Crippen molar-refractivity contribution in [2.75, 3.05) is 0 Å². The third-order valence-corrected chi connectivity index (χ3v) is 4.25. The molecule has 0 saturated heterocycles. The predicted molar refractivity (Wildman–Crippen MR) is 72.3 cm³/mol. The first-order chi connectivity index (χ1) is 10.6. The summed E-state index contributed by atoms with van der Waals surface area (Å²) in [6, 6.07) is 1.51. The van der Waals surface area contributed by atoms with E-state index in [-0.39, 0.29) is 10.6 Å². The molecule has 0 bridgehead atoms. The number of H-pyrrole nitrogens is 1. The number of halogens is 3. The van der Waals surface area contributed by atoms with E-state index in [9.17, 15) is 26.4 Å². The summed E-state index contributed by atoms with van der Waals surface area (Å²) in [5.41, 5.74) is -2.43. The number of alkyl halides is 3. The molecule has 0 aliphatic rings. The molecule has 0 amide bonds. The van der Waals surface area contributed by atoms with Gasteiger partial charge in [-0.3, -0.25) is 4.79 Å². The summed E-state index contributed by atoms with van der Waals surface area (Å²) in [7, 11) is -4.16. The van der Waals surface area contributed by atoms with Gasteiger partial charge in [-0.15, -0.1) is 11.3 Å². The molecule has 0 aromatic carbocycles. The Bertz CT molecular complexity index is 951. The Kier molecular flexibility index (Phi) is 4.57. The Hall–Kier alpha value is -2.20. The molecule has 12 heteroatoms. The van der Waals surface area contributed by atoms with Crippen LogP contribution >= 0.6 is 11.3 Å². The van der Waals surface area contributed by atoms with Gasteiger partial charge in [0, 0.05) is 17.0 Å². The van der Waals surface area contributed by atoms with Gasteiger partial charge in [0.05, 0.1) is 0 Å². The lowest BCUT2D eigenvalue weighted by atomic mass is 10.2. The fourth-order valence-corrected chi connectivity index (χ4v) is 2.92. The molecule has 0 saturated carbocycles. The maximum absolute atomic E-state index is 12.6. The molecule has 0 atom stereocenters. The lowest BCUT2D eigenvalue weighted by Gasteiger charge is -2.05. The summed E-state index contributed by atoms with van der Waals surface area (Å²) in [6.07, 6.45) is -4.73. The SMILES string of the molecule is O=c1cc(C#Cc2nc(S(=O)(=O)NO)cs2)cc(C(F)(F)F)[nH]1. The Morgan fingerprint density at radius 2 is 2.00 bits per heavy atom. The maximum atomic E-state index is 12.6. The van der Waals surface area contributed by atoms with Gasteiger partial charge in [-0.1, -0.05) is 10.8 Å². The zero-order chi connectivity index (χ0) is 17.3. The van der Waals surface area contributed by atoms with Crippen molar-refractivity contribution >= 4 is 21.4 Å². The molecule has 7 nitrogen and oxygen atoms in total. The standard InChI is InChI=1S/C11H6F3N3O4S2/c12-11(13,14)7-3-6(4-8(18)15-7)1-2-9-16-10(5-22-9)23(20,21)17-19/h3-5,17,19H,(H,15,18). The van der Waals surface area contributed by atoms with E-state index in [0.29, 0.717) is 6.07 Å². The van der Waals surface area contributed by atoms with Crippen LogP contribution in [0.5, 0.6) is 0 Å². The molecule has 0 aliphatic heterocycles. The Morgan fingerprint density at radius 3 is 2.61 bits per heavy atom. The van der Waals surface area contributed by atoms with Gasteiger partial charge in [0.25, 0.3) is 10.0 Å². The van der Waals surface area contributed by atoms with Gasteiger partial charge in [0.1, 0.15) is 5.69 Å². The van der Waals surface area contributed by atoms with Crippen molar-refractivity contribution < 1.29 is 26.8 Å². The molecule has 3 N–H and O–H groups in total. The van der Waals surface area contributed by atoms with Crippen LogP contribution in [-0.4, -0.2) is 23.6 Å². The fourth-order valence-electron chi connectivity index (χ4n) is 1.38. The van der Waals surface area contributed by atoms with Crippen LogP contribution in [0.25, 0.3) is 0 Å². The predicted octanol–water partition coefficient (Wildman–Crippen LogP) is 0.918. The van der Waals surface area contributed by atoms with Crippen LogP contribution in [0.4, 0.5) is 13.2 Å². The van der Waals surface area contributed by atoms with Gasteiger partial charge >= 0.3 is 6.18 Å². The minimum Gasteiger partial charge on any atom is -0.318 e. The van der Waals surface area contributed by atoms with Gasteiger partial charge in [0.15, 0.2) is 10.0 Å². The monoisotopic (exact) mass is 365 g/mol. The lowest BCUT2D eigenvalue weighted by molar-refractivity contribution is -0.141. The molecule has 0 aliphatic carbocycles. The van der Waals surface area contributed by atoms with Gasteiger partial charge in [-0.25, -0.2) is 13.4 Å². The topological polar surface area (TPSA) is 112 Å². The van der Waals surface area contributed by atoms with E-state index in [1.54, 1.807) is 4.98 Å². The molecule has 2 aromatic heterocycles. The Morgan fingerprint density at radius 1 is 1.30 bits per heavy atom. The third kappa shape index (κ3) is 4.17. The number of hydrogen-bond donors (Lipinski definition) is 3. The summed E-state index contributed by atoms with van der Waals surface area (Å²) in [4.78, 5) is 17.5. The Labute approximate surface area is 130 Å². The van der Waals surface area contributed by atoms with Crippen molar-refractivity contribution in [2.45, 2.75) is 11.2 Å². The normalized spacial score (nSPS) is 11.8. The zero-order valence-corrected chi connectivity index (χ0v) is 12.4. The van der Waals surface area contributed by atoms with Crippen molar-refractivity contribution in [3.63, 3.8) is 0 Å². The number of nitrogens with one attached hydrogen (secondary N) is 2. The molecule has 2 aromatic rings. The molecule has 2 rings (SSSR count). The second-order valence-electron chi connectivity index (χ2n) is 3.98. The van der Waals surface area contributed by atoms with E-state index in [1.807, 2.05) is 0 Å². The second kappa shape index (κ2) is 6.13. The Balaban J connectivity index is 2.37. The van der Waals surface area contributed by atoms with Crippen LogP contribution in [0.15, 0.2) is 27.3 Å². The summed E-state index contributed by atoms with van der Waals surface area (Å²) in [5.74, 6) is 4.64. The third-order valence-electron chi connectivity index (χ3n) is 2.34. The van der Waals surface area contributed by atoms with Gasteiger partial charge < -0.3 is 10.2 Å². The molecule has 122 valence electrons. The van der Waals surface area contributed by atoms with Crippen LogP contribution in [0.3, 0.4) is 0 Å². The van der Waals surface area contributed by atoms with Crippen molar-refractivity contribution in [3.8, 4) is 11.8 Å². The average Bonchev–Trinajstić information content (AvgIpc) is 2.93. The zero-order valence-electron chi connectivity index (χ0n) is 10.8. The molecule has 2 heterocycles. The first-order valence-electron chi connectivity index (χ1n) is 5.57. The molecule has 0 radical (unpaired) electrons. The number of aromatic nitrogens is 2. The van der Waals surface area contributed by atoms with E-state index < -0.39 is 32.5 Å². The van der Waals surface area contributed by atoms with Crippen LogP contribution in [-0.2, 0) is 16.2 Å². The van der Waals surface area contributed by atoms with Crippen molar-refractivity contribution in [3.05, 3.63) is 44.1 Å². The number of pyridine rings is 1. The minimum atomic E-state index is -4.73. The molecule has 0 unspecified atom stereocenters. The fraction of sp³-hybridized carbons (Fsp3) is 0.0909. The second-order valence-corrected chi connectivity index (χ2v) is 6.45. The number of hydrogen-bond acceptors (Lipinski definition) is 6. The lowest BCUT2D eigenvalue weighted by Crippen LogP contribution is -2.19. The molecular weight excluding hydrogens is 359 g/mol. The first kappa shape index (κ1) is 17.2. The van der Waals surface area contributed by atoms with Crippen molar-refractivity contribution in [1.29, 1.82) is 0 Å². The highest BCUT2D eigenvalue weighted by atomic mass is 32.2. The number of rotatable bonds is 2. The molecule has 0 fully saturated rings. The molecule has 0 spiro atoms. The van der Waals surface area contributed by atoms with Crippen molar-refractivity contribution in [2.24, 2.45) is 0 Å². The van der Waals surface area contributed by atoms with E-state index in [4.69, 9.17) is 5.21 Å². The molecule has 23 heavy (non-hydrogen) atoms. The molecular formula is C11H6F3N3O4S2. The minimum absolute atomic E-state index is 0.0207. The summed E-state index contributed by atoms with van der Waals surface area (Å²) >= 11 is 0.802. The highest BCUT2D eigenvalue weighted by Crippen LogP contribution is 2.26. The summed E-state index contributed by atoms with van der Waals surface area (Å²) < 4.78 is 60.2. The number of aromatic amines is 1. The quantitative estimate of drug-likeness (QED) is 0.541. The van der Waals surface area contributed by atoms with E-state index in [0.717, 1.165) is 27.7 Å². The van der Waals surface area contributed by atoms with E-state index in [2.05, 4.69) is 16.8 Å². The van der Waals surface area contributed by atoms with Crippen LogP contribution in [0.2, 0.25) is 0 Å². The number of sulfonamides is 1. The van der Waals surface area contributed by atoms with Gasteiger partial charge in [-0.05, 0) is 12.0 Å². The highest BCUT2D eigenvalue weighted by molar-refractivity contribution is 7.89. The van der Waals surface area contributed by atoms with Crippen LogP contribution in [0.1, 0.15) is 16.3 Å². The largest absolute Gasteiger partial charge is 0.431 e. The van der Waals surface area contributed by atoms with E-state index in [1.165, 1.54) is 0 Å². The summed E-state index contributed by atoms with van der Waals surface area (Å²) in [6.45, 7) is 0. The van der Waals surface area contributed by atoms with Gasteiger partial charge in [0.2, 0.25) is 5.56 Å². The van der Waals surface area contributed by atoms with Crippen molar-refractivity contribution in [1.82, 2.24) is 14.9 Å². The number of thiazole rings is 1. The van der Waals surface area contributed by atoms with Crippen LogP contribution < -0.4 is 10.4 Å². The highest BCUT2D eigenvalue weighted by Gasteiger charge is 2.32. The van der Waals surface area contributed by atoms with Gasteiger partial charge in [-0.2, -0.15) is 13.2 Å². The number of nitrogens with zero attached hydrogens (tertiary/aromatic N) is 1.